The van der Waals surface area contributed by atoms with Crippen LogP contribution in [0, 0.1) is 23.3 Å². The minimum atomic E-state index is -1.04. The maximum absolute atomic E-state index is 14.9. The average Bonchev–Trinajstić information content (AvgIpc) is 2.88. The normalized spacial score (nSPS) is 11.1. The van der Waals surface area contributed by atoms with E-state index < -0.39 is 23.3 Å². The number of hydrogen-bond acceptors (Lipinski definition) is 2. The Morgan fingerprint density at radius 3 is 1.74 bits per heavy atom. The van der Waals surface area contributed by atoms with Crippen molar-refractivity contribution in [3.05, 3.63) is 107 Å². The van der Waals surface area contributed by atoms with Crippen LogP contribution in [-0.4, -0.2) is 13.7 Å². The fourth-order valence-corrected chi connectivity index (χ4v) is 3.67. The quantitative estimate of drug-likeness (QED) is 0.197. The van der Waals surface area contributed by atoms with Gasteiger partial charge < -0.3 is 9.47 Å². The lowest BCUT2D eigenvalue weighted by Crippen LogP contribution is -1.98. The Kier molecular flexibility index (Phi) is 7.20. The molecule has 6 heteroatoms. The van der Waals surface area contributed by atoms with Crippen molar-refractivity contribution in [3.8, 4) is 33.8 Å². The van der Waals surface area contributed by atoms with E-state index in [0.717, 1.165) is 0 Å². The lowest BCUT2D eigenvalue weighted by molar-refractivity contribution is 0.314. The van der Waals surface area contributed by atoms with Crippen LogP contribution in [0.3, 0.4) is 0 Å². The SMILES string of the molecule is CCOc1ccc(/C=C/c2ccc(-c3ccc(-c4ccc(OC)cc4)c(F)c3F)cc2)c(F)c1F. The van der Waals surface area contributed by atoms with Crippen LogP contribution in [0.1, 0.15) is 18.1 Å². The minimum absolute atomic E-state index is 0.0669. The third kappa shape index (κ3) is 5.06. The van der Waals surface area contributed by atoms with E-state index in [9.17, 15) is 17.6 Å². The number of benzene rings is 4. The fraction of sp³-hybridized carbons (Fsp3) is 0.103. The highest BCUT2D eigenvalue weighted by Gasteiger charge is 2.16. The van der Waals surface area contributed by atoms with Crippen molar-refractivity contribution in [1.29, 1.82) is 0 Å². The molecule has 0 aromatic heterocycles. The first-order valence-electron chi connectivity index (χ1n) is 10.9. The molecule has 0 heterocycles. The summed E-state index contributed by atoms with van der Waals surface area (Å²) in [6, 6.07) is 19.2. The van der Waals surface area contributed by atoms with Gasteiger partial charge in [0.25, 0.3) is 0 Å². The number of methoxy groups -OCH3 is 1. The van der Waals surface area contributed by atoms with Gasteiger partial charge in [0.1, 0.15) is 5.75 Å². The summed E-state index contributed by atoms with van der Waals surface area (Å²) in [5.41, 5.74) is 2.04. The molecule has 0 unspecified atom stereocenters. The molecule has 35 heavy (non-hydrogen) atoms. The number of halogens is 4. The van der Waals surface area contributed by atoms with Gasteiger partial charge in [-0.15, -0.1) is 0 Å². The molecule has 0 aliphatic rings. The highest BCUT2D eigenvalue weighted by molar-refractivity contribution is 5.75. The van der Waals surface area contributed by atoms with Gasteiger partial charge in [0.05, 0.1) is 13.7 Å². The molecule has 2 nitrogen and oxygen atoms in total. The molecule has 0 spiro atoms. The molecule has 0 amide bonds. The zero-order chi connectivity index (χ0) is 24.9. The monoisotopic (exact) mass is 478 g/mol. The maximum atomic E-state index is 14.9. The van der Waals surface area contributed by atoms with Gasteiger partial charge in [-0.1, -0.05) is 60.7 Å². The average molecular weight is 478 g/mol. The Morgan fingerprint density at radius 2 is 1.20 bits per heavy atom. The Labute approximate surface area is 201 Å². The predicted octanol–water partition coefficient (Wildman–Crippen LogP) is 8.15. The molecule has 0 N–H and O–H groups in total. The largest absolute Gasteiger partial charge is 0.497 e. The number of rotatable bonds is 7. The van der Waals surface area contributed by atoms with E-state index in [-0.39, 0.29) is 29.0 Å². The van der Waals surface area contributed by atoms with Gasteiger partial charge in [-0.3, -0.25) is 0 Å². The summed E-state index contributed by atoms with van der Waals surface area (Å²) >= 11 is 0. The third-order valence-electron chi connectivity index (χ3n) is 5.54. The molecule has 0 bridgehead atoms. The molecule has 4 aromatic rings. The standard InChI is InChI=1S/C29H22F4O2/c1-3-35-25-17-12-21(26(30)29(25)33)9-6-18-4-7-19(8-5-18)23-15-16-24(28(32)27(23)31)20-10-13-22(34-2)14-11-20/h4-17H,3H2,1-2H3/b9-6+. The fourth-order valence-electron chi connectivity index (χ4n) is 3.67. The van der Waals surface area contributed by atoms with Crippen molar-refractivity contribution in [2.45, 2.75) is 6.92 Å². The van der Waals surface area contributed by atoms with Gasteiger partial charge in [-0.05, 0) is 47.9 Å². The Hall–Kier alpha value is -4.06. The smallest absolute Gasteiger partial charge is 0.201 e. The number of ether oxygens (including phenoxy) is 2. The second kappa shape index (κ2) is 10.5. The van der Waals surface area contributed by atoms with Crippen molar-refractivity contribution in [3.63, 3.8) is 0 Å². The first-order valence-corrected chi connectivity index (χ1v) is 10.9. The van der Waals surface area contributed by atoms with Crippen LogP contribution in [0.15, 0.2) is 72.8 Å². The molecule has 0 aliphatic heterocycles. The second-order valence-electron chi connectivity index (χ2n) is 7.69. The molecule has 0 saturated heterocycles. The predicted molar refractivity (Wildman–Crippen MR) is 130 cm³/mol. The zero-order valence-corrected chi connectivity index (χ0v) is 19.1. The summed E-state index contributed by atoms with van der Waals surface area (Å²) in [7, 11) is 1.53. The molecule has 0 atom stereocenters. The van der Waals surface area contributed by atoms with Crippen molar-refractivity contribution in [2.24, 2.45) is 0 Å². The molecular weight excluding hydrogens is 456 g/mol. The minimum Gasteiger partial charge on any atom is -0.497 e. The Balaban J connectivity index is 1.56. The molecule has 0 saturated carbocycles. The van der Waals surface area contributed by atoms with Crippen LogP contribution in [0.5, 0.6) is 11.5 Å². The topological polar surface area (TPSA) is 18.5 Å². The van der Waals surface area contributed by atoms with E-state index in [1.54, 1.807) is 61.5 Å². The summed E-state index contributed by atoms with van der Waals surface area (Å²) in [5.74, 6) is -3.45. The maximum Gasteiger partial charge on any atom is 0.201 e. The van der Waals surface area contributed by atoms with Gasteiger partial charge in [0.15, 0.2) is 23.2 Å². The van der Waals surface area contributed by atoms with E-state index in [0.29, 0.717) is 22.4 Å². The van der Waals surface area contributed by atoms with Crippen LogP contribution >= 0.6 is 0 Å². The van der Waals surface area contributed by atoms with Crippen LogP contribution in [0.2, 0.25) is 0 Å². The lowest BCUT2D eigenvalue weighted by atomic mass is 9.98. The van der Waals surface area contributed by atoms with Crippen molar-refractivity contribution >= 4 is 12.2 Å². The molecule has 4 aromatic carbocycles. The van der Waals surface area contributed by atoms with Crippen molar-refractivity contribution in [1.82, 2.24) is 0 Å². The van der Waals surface area contributed by atoms with E-state index in [1.165, 1.54) is 37.5 Å². The van der Waals surface area contributed by atoms with Crippen molar-refractivity contribution in [2.75, 3.05) is 13.7 Å². The summed E-state index contributed by atoms with van der Waals surface area (Å²) in [6.45, 7) is 1.91. The molecular formula is C29H22F4O2. The highest BCUT2D eigenvalue weighted by Crippen LogP contribution is 2.32. The summed E-state index contributed by atoms with van der Waals surface area (Å²) in [6.07, 6.45) is 3.04. The first-order chi connectivity index (χ1) is 16.9. The Morgan fingerprint density at radius 1 is 0.629 bits per heavy atom. The first kappa shape index (κ1) is 24.1. The zero-order valence-electron chi connectivity index (χ0n) is 19.1. The number of hydrogen-bond donors (Lipinski definition) is 0. The molecule has 0 fully saturated rings. The van der Waals surface area contributed by atoms with Gasteiger partial charge >= 0.3 is 0 Å². The summed E-state index contributed by atoms with van der Waals surface area (Å²) in [4.78, 5) is 0. The Bertz CT molecular complexity index is 1360. The molecule has 178 valence electrons. The molecule has 0 aliphatic carbocycles. The summed E-state index contributed by atoms with van der Waals surface area (Å²) < 4.78 is 68.2. The van der Waals surface area contributed by atoms with E-state index >= 15 is 0 Å². The van der Waals surface area contributed by atoms with Crippen LogP contribution in [-0.2, 0) is 0 Å². The molecule has 0 radical (unpaired) electrons. The summed E-state index contributed by atoms with van der Waals surface area (Å²) in [5, 5.41) is 0. The van der Waals surface area contributed by atoms with Crippen molar-refractivity contribution < 1.29 is 27.0 Å². The van der Waals surface area contributed by atoms with Crippen LogP contribution in [0.25, 0.3) is 34.4 Å². The van der Waals surface area contributed by atoms with Gasteiger partial charge in [0.2, 0.25) is 5.82 Å². The second-order valence-corrected chi connectivity index (χ2v) is 7.69. The van der Waals surface area contributed by atoms with E-state index in [4.69, 9.17) is 9.47 Å². The van der Waals surface area contributed by atoms with Crippen LogP contribution < -0.4 is 9.47 Å². The molecule has 4 rings (SSSR count). The third-order valence-corrected chi connectivity index (χ3v) is 5.54. The van der Waals surface area contributed by atoms with Crippen LogP contribution in [0.4, 0.5) is 17.6 Å². The lowest BCUT2D eigenvalue weighted by Gasteiger charge is -2.10. The highest BCUT2D eigenvalue weighted by atomic mass is 19.2. The van der Waals surface area contributed by atoms with Gasteiger partial charge in [-0.25, -0.2) is 13.2 Å². The van der Waals surface area contributed by atoms with E-state index in [1.807, 2.05) is 0 Å². The van der Waals surface area contributed by atoms with E-state index in [2.05, 4.69) is 0 Å². The van der Waals surface area contributed by atoms with Gasteiger partial charge in [-0.2, -0.15) is 4.39 Å². The van der Waals surface area contributed by atoms with Gasteiger partial charge in [0, 0.05) is 16.7 Å².